The molecule has 3 heterocycles. The number of rotatable bonds is 4. The van der Waals surface area contributed by atoms with Gasteiger partial charge in [-0.3, -0.25) is 4.90 Å². The highest BCUT2D eigenvalue weighted by Gasteiger charge is 2.19. The van der Waals surface area contributed by atoms with Crippen molar-refractivity contribution in [2.45, 2.75) is 13.0 Å². The Morgan fingerprint density at radius 2 is 2.00 bits per heavy atom. The largest absolute Gasteiger partial charge is 0.346 e. The van der Waals surface area contributed by atoms with E-state index in [0.29, 0.717) is 6.54 Å². The number of nitrogens with zero attached hydrogens (tertiary/aromatic N) is 2. The van der Waals surface area contributed by atoms with Gasteiger partial charge in [0.15, 0.2) is 0 Å². The van der Waals surface area contributed by atoms with Crippen LogP contribution in [-0.2, 0) is 6.54 Å². The molecule has 4 rings (SSSR count). The quantitative estimate of drug-likeness (QED) is 0.750. The van der Waals surface area contributed by atoms with Crippen molar-refractivity contribution in [3.05, 3.63) is 83.5 Å². The first-order valence-corrected chi connectivity index (χ1v) is 8.53. The number of hydrogen-bond donors (Lipinski definition) is 1. The van der Waals surface area contributed by atoms with Crippen molar-refractivity contribution < 1.29 is 4.39 Å². The van der Waals surface area contributed by atoms with E-state index in [0.717, 1.165) is 41.7 Å². The van der Waals surface area contributed by atoms with E-state index in [4.69, 9.17) is 0 Å². The molecule has 0 aliphatic carbocycles. The summed E-state index contributed by atoms with van der Waals surface area (Å²) in [5.74, 6) is -0.0311. The van der Waals surface area contributed by atoms with Crippen LogP contribution in [0, 0.1) is 0 Å². The molecule has 0 saturated heterocycles. The first-order valence-electron chi connectivity index (χ1n) is 8.53. The first-order chi connectivity index (χ1) is 12.3. The van der Waals surface area contributed by atoms with E-state index in [2.05, 4.69) is 20.9 Å². The van der Waals surface area contributed by atoms with E-state index in [1.165, 1.54) is 5.56 Å². The van der Waals surface area contributed by atoms with Crippen molar-refractivity contribution in [1.82, 2.24) is 14.9 Å². The lowest BCUT2D eigenvalue weighted by Crippen LogP contribution is -2.30. The zero-order valence-corrected chi connectivity index (χ0v) is 14.0. The Morgan fingerprint density at radius 1 is 1.12 bits per heavy atom. The molecule has 2 aromatic heterocycles. The summed E-state index contributed by atoms with van der Waals surface area (Å²) in [6, 6.07) is 14.0. The van der Waals surface area contributed by atoms with Gasteiger partial charge in [0.2, 0.25) is 0 Å². The fraction of sp³-hybridized carbons (Fsp3) is 0.190. The third-order valence-electron chi connectivity index (χ3n) is 4.62. The topological polar surface area (TPSA) is 31.9 Å². The maximum Gasteiger partial charge on any atom is 0.137 e. The molecule has 0 saturated carbocycles. The number of hydrogen-bond acceptors (Lipinski definition) is 2. The number of aromatic nitrogens is 2. The average molecular weight is 333 g/mol. The van der Waals surface area contributed by atoms with Crippen LogP contribution in [0.5, 0.6) is 0 Å². The standard InChI is InChI=1S/C21H20FN3/c22-20-15-25(14-18-13-24-21-19(18)7-4-11-23-21)12-10-17(20)9-8-16-5-2-1-3-6-16/h1-9,11,13H,10,12,14-15H2,(H,23,24). The maximum atomic E-state index is 14.5. The second-order valence-corrected chi connectivity index (χ2v) is 6.35. The highest BCUT2D eigenvalue weighted by atomic mass is 19.1. The van der Waals surface area contributed by atoms with Crippen LogP contribution < -0.4 is 0 Å². The molecular weight excluding hydrogens is 313 g/mol. The minimum Gasteiger partial charge on any atom is -0.346 e. The van der Waals surface area contributed by atoms with Crippen molar-refractivity contribution >= 4 is 17.1 Å². The number of fused-ring (bicyclic) bond motifs is 1. The summed E-state index contributed by atoms with van der Waals surface area (Å²) in [6.45, 7) is 1.95. The van der Waals surface area contributed by atoms with Gasteiger partial charge in [0, 0.05) is 30.9 Å². The third-order valence-corrected chi connectivity index (χ3v) is 4.62. The van der Waals surface area contributed by atoms with Crippen LogP contribution in [0.4, 0.5) is 4.39 Å². The molecule has 0 fully saturated rings. The number of allylic oxidation sites excluding steroid dienone is 1. The zero-order valence-electron chi connectivity index (χ0n) is 14.0. The third kappa shape index (κ3) is 3.54. The van der Waals surface area contributed by atoms with Crippen molar-refractivity contribution in [1.29, 1.82) is 0 Å². The Balaban J connectivity index is 1.45. The molecule has 25 heavy (non-hydrogen) atoms. The smallest absolute Gasteiger partial charge is 0.137 e. The lowest BCUT2D eigenvalue weighted by Gasteiger charge is -2.26. The molecule has 0 amide bonds. The van der Waals surface area contributed by atoms with Gasteiger partial charge in [0.05, 0.1) is 6.54 Å². The molecule has 0 spiro atoms. The SMILES string of the molecule is FC1=C(C=Cc2ccccc2)CCN(Cc2c[nH]c3ncccc23)C1. The van der Waals surface area contributed by atoms with Gasteiger partial charge in [-0.2, -0.15) is 0 Å². The highest BCUT2D eigenvalue weighted by molar-refractivity contribution is 5.79. The van der Waals surface area contributed by atoms with Gasteiger partial charge >= 0.3 is 0 Å². The number of H-pyrrole nitrogens is 1. The summed E-state index contributed by atoms with van der Waals surface area (Å²) in [5, 5.41) is 1.11. The van der Waals surface area contributed by atoms with E-state index in [9.17, 15) is 4.39 Å². The van der Waals surface area contributed by atoms with Crippen molar-refractivity contribution in [3.63, 3.8) is 0 Å². The molecule has 0 atom stereocenters. The molecule has 4 heteroatoms. The van der Waals surface area contributed by atoms with Crippen LogP contribution in [-0.4, -0.2) is 28.0 Å². The van der Waals surface area contributed by atoms with E-state index < -0.39 is 0 Å². The van der Waals surface area contributed by atoms with Gasteiger partial charge < -0.3 is 4.98 Å². The summed E-state index contributed by atoms with van der Waals surface area (Å²) < 4.78 is 14.5. The summed E-state index contributed by atoms with van der Waals surface area (Å²) in [5.41, 5.74) is 3.95. The normalized spacial score (nSPS) is 16.2. The molecule has 3 nitrogen and oxygen atoms in total. The van der Waals surface area contributed by atoms with Crippen LogP contribution in [0.3, 0.4) is 0 Å². The van der Waals surface area contributed by atoms with E-state index >= 15 is 0 Å². The Hall–Kier alpha value is -2.72. The van der Waals surface area contributed by atoms with E-state index in [1.54, 1.807) is 6.20 Å². The van der Waals surface area contributed by atoms with Crippen molar-refractivity contribution in [3.8, 4) is 0 Å². The Labute approximate surface area is 146 Å². The van der Waals surface area contributed by atoms with Gasteiger partial charge in [-0.25, -0.2) is 9.37 Å². The Morgan fingerprint density at radius 3 is 2.84 bits per heavy atom. The van der Waals surface area contributed by atoms with Crippen LogP contribution in [0.25, 0.3) is 17.1 Å². The van der Waals surface area contributed by atoms with Crippen LogP contribution in [0.15, 0.2) is 72.3 Å². The second kappa shape index (κ2) is 7.03. The lowest BCUT2D eigenvalue weighted by atomic mass is 10.0. The molecule has 1 aliphatic rings. The number of pyridine rings is 1. The molecule has 0 bridgehead atoms. The highest BCUT2D eigenvalue weighted by Crippen LogP contribution is 2.24. The van der Waals surface area contributed by atoms with Crippen LogP contribution in [0.2, 0.25) is 0 Å². The van der Waals surface area contributed by atoms with Gasteiger partial charge in [-0.05, 0) is 35.3 Å². The number of benzene rings is 1. The molecule has 3 aromatic rings. The number of aromatic amines is 1. The summed E-state index contributed by atoms with van der Waals surface area (Å²) >= 11 is 0. The van der Waals surface area contributed by atoms with Gasteiger partial charge in [0.1, 0.15) is 11.5 Å². The predicted octanol–water partition coefficient (Wildman–Crippen LogP) is 4.71. The maximum absolute atomic E-state index is 14.5. The molecule has 0 unspecified atom stereocenters. The van der Waals surface area contributed by atoms with Crippen molar-refractivity contribution in [2.75, 3.05) is 13.1 Å². The number of halogens is 1. The monoisotopic (exact) mass is 333 g/mol. The molecule has 126 valence electrons. The fourth-order valence-electron chi connectivity index (χ4n) is 3.25. The summed E-state index contributed by atoms with van der Waals surface area (Å²) in [7, 11) is 0. The molecular formula is C21H20FN3. The first kappa shape index (κ1) is 15.8. The molecule has 1 N–H and O–H groups in total. The minimum atomic E-state index is -0.0311. The Bertz CT molecular complexity index is 924. The molecule has 0 radical (unpaired) electrons. The van der Waals surface area contributed by atoms with Gasteiger partial charge in [-0.15, -0.1) is 0 Å². The molecule has 1 aliphatic heterocycles. The predicted molar refractivity (Wildman–Crippen MR) is 99.6 cm³/mol. The average Bonchev–Trinajstić information content (AvgIpc) is 3.05. The van der Waals surface area contributed by atoms with Crippen molar-refractivity contribution in [2.24, 2.45) is 0 Å². The lowest BCUT2D eigenvalue weighted by molar-refractivity contribution is 0.256. The summed E-state index contributed by atoms with van der Waals surface area (Å²) in [4.78, 5) is 9.63. The van der Waals surface area contributed by atoms with E-state index in [1.807, 2.05) is 54.7 Å². The second-order valence-electron chi connectivity index (χ2n) is 6.35. The molecule has 1 aromatic carbocycles. The fourth-order valence-corrected chi connectivity index (χ4v) is 3.25. The van der Waals surface area contributed by atoms with Crippen LogP contribution >= 0.6 is 0 Å². The minimum absolute atomic E-state index is 0.0311. The van der Waals surface area contributed by atoms with Gasteiger partial charge in [-0.1, -0.05) is 42.5 Å². The summed E-state index contributed by atoms with van der Waals surface area (Å²) in [6.07, 6.45) is 8.38. The zero-order chi connectivity index (χ0) is 17.1. The van der Waals surface area contributed by atoms with Crippen LogP contribution in [0.1, 0.15) is 17.5 Å². The van der Waals surface area contributed by atoms with Gasteiger partial charge in [0.25, 0.3) is 0 Å². The number of nitrogens with one attached hydrogen (secondary N) is 1. The van der Waals surface area contributed by atoms with E-state index in [-0.39, 0.29) is 5.83 Å². The Kier molecular flexibility index (Phi) is 4.44.